The number of nitrogens with one attached hydrogen (secondary N) is 1. The zero-order valence-corrected chi connectivity index (χ0v) is 13.8. The highest BCUT2D eigenvalue weighted by Gasteiger charge is 2.15. The lowest BCUT2D eigenvalue weighted by molar-refractivity contribution is 0.392. The first-order chi connectivity index (χ1) is 8.65. The summed E-state index contributed by atoms with van der Waals surface area (Å²) in [5.74, 6) is 0. The number of halogens is 1. The topological polar surface area (TPSA) is 15.3 Å². The first-order valence-corrected chi connectivity index (χ1v) is 8.48. The fourth-order valence-electron chi connectivity index (χ4n) is 2.31. The van der Waals surface area contributed by atoms with Gasteiger partial charge in [-0.25, -0.2) is 0 Å². The van der Waals surface area contributed by atoms with Gasteiger partial charge < -0.3 is 10.2 Å². The molecule has 0 aromatic carbocycles. The van der Waals surface area contributed by atoms with Crippen LogP contribution in [0.4, 0.5) is 0 Å². The Morgan fingerprint density at radius 1 is 1.50 bits per heavy atom. The zero-order valence-electron chi connectivity index (χ0n) is 10.6. The van der Waals surface area contributed by atoms with Crippen molar-refractivity contribution in [2.75, 3.05) is 7.05 Å². The van der Waals surface area contributed by atoms with E-state index in [1.807, 2.05) is 0 Å². The highest BCUT2D eigenvalue weighted by Crippen LogP contribution is 2.22. The highest BCUT2D eigenvalue weighted by molar-refractivity contribution is 9.11. The molecule has 0 amide bonds. The van der Waals surface area contributed by atoms with Crippen LogP contribution in [0.15, 0.2) is 15.2 Å². The van der Waals surface area contributed by atoms with Crippen LogP contribution in [0.3, 0.4) is 0 Å². The third-order valence-corrected chi connectivity index (χ3v) is 5.30. The van der Waals surface area contributed by atoms with E-state index in [0.717, 1.165) is 11.7 Å². The Morgan fingerprint density at radius 2 is 2.22 bits per heavy atom. The van der Waals surface area contributed by atoms with Crippen molar-refractivity contribution in [2.24, 2.45) is 0 Å². The summed E-state index contributed by atoms with van der Waals surface area (Å²) in [7, 11) is 2.06. The van der Waals surface area contributed by atoms with Crippen LogP contribution in [0.2, 0.25) is 0 Å². The van der Waals surface area contributed by atoms with Gasteiger partial charge in [-0.15, -0.1) is 11.3 Å². The molecule has 1 aliphatic carbocycles. The van der Waals surface area contributed by atoms with Crippen LogP contribution in [-0.2, 0) is 6.54 Å². The van der Waals surface area contributed by atoms with Crippen molar-refractivity contribution in [2.45, 2.75) is 44.7 Å². The molecule has 1 aliphatic rings. The van der Waals surface area contributed by atoms with Crippen LogP contribution in [0.5, 0.6) is 0 Å². The van der Waals surface area contributed by atoms with Gasteiger partial charge in [-0.2, -0.15) is 0 Å². The zero-order chi connectivity index (χ0) is 13.0. The van der Waals surface area contributed by atoms with E-state index in [9.17, 15) is 0 Å². The second-order valence-corrected chi connectivity index (χ2v) is 7.58. The van der Waals surface area contributed by atoms with Crippen LogP contribution in [0.1, 0.15) is 37.7 Å². The van der Waals surface area contributed by atoms with Crippen molar-refractivity contribution in [1.29, 1.82) is 0 Å². The van der Waals surface area contributed by atoms with Gasteiger partial charge in [0.1, 0.15) is 0 Å². The largest absolute Gasteiger partial charge is 0.360 e. The maximum atomic E-state index is 5.47. The molecule has 0 atom stereocenters. The summed E-state index contributed by atoms with van der Waals surface area (Å²) < 4.78 is 1.18. The molecule has 0 unspecified atom stereocenters. The number of thiophene rings is 1. The van der Waals surface area contributed by atoms with E-state index in [1.54, 1.807) is 11.3 Å². The average Bonchev–Trinajstić information content (AvgIpc) is 2.76. The molecule has 0 aliphatic heterocycles. The maximum absolute atomic E-state index is 5.47. The standard InChI is InChI=1S/C13H19BrN2S2/c1-16(8-10-7-12(14)18-9-10)13(17)15-11-5-3-2-4-6-11/h7,9,11H,2-6,8H2,1H3,(H,15,17). The molecule has 1 aromatic rings. The number of thiocarbonyl (C=S) groups is 1. The van der Waals surface area contributed by atoms with E-state index >= 15 is 0 Å². The van der Waals surface area contributed by atoms with Gasteiger partial charge in [0.05, 0.1) is 3.79 Å². The first-order valence-electron chi connectivity index (χ1n) is 6.39. The third-order valence-electron chi connectivity index (χ3n) is 3.32. The van der Waals surface area contributed by atoms with E-state index in [2.05, 4.69) is 44.6 Å². The van der Waals surface area contributed by atoms with Crippen LogP contribution >= 0.6 is 39.5 Å². The number of hydrogen-bond acceptors (Lipinski definition) is 2. The summed E-state index contributed by atoms with van der Waals surface area (Å²) in [5, 5.41) is 6.54. The van der Waals surface area contributed by atoms with Crippen LogP contribution in [0.25, 0.3) is 0 Å². The molecule has 100 valence electrons. The Morgan fingerprint density at radius 3 is 2.83 bits per heavy atom. The average molecular weight is 347 g/mol. The Labute approximate surface area is 127 Å². The van der Waals surface area contributed by atoms with E-state index in [-0.39, 0.29) is 0 Å². The summed E-state index contributed by atoms with van der Waals surface area (Å²) in [6.45, 7) is 0.876. The summed E-state index contributed by atoms with van der Waals surface area (Å²) >= 11 is 10.7. The molecule has 0 bridgehead atoms. The SMILES string of the molecule is CN(Cc1csc(Br)c1)C(=S)NC1CCCCC1. The Hall–Kier alpha value is -0.130. The molecule has 2 rings (SSSR count). The van der Waals surface area contributed by atoms with Crippen LogP contribution < -0.4 is 5.32 Å². The van der Waals surface area contributed by atoms with Gasteiger partial charge in [-0.3, -0.25) is 0 Å². The second-order valence-electron chi connectivity index (χ2n) is 4.90. The monoisotopic (exact) mass is 346 g/mol. The molecular formula is C13H19BrN2S2. The molecule has 5 heteroatoms. The van der Waals surface area contributed by atoms with E-state index < -0.39 is 0 Å². The minimum atomic E-state index is 0.586. The Kier molecular flexibility index (Phi) is 5.45. The lowest BCUT2D eigenvalue weighted by Crippen LogP contribution is -2.43. The molecule has 18 heavy (non-hydrogen) atoms. The summed E-state index contributed by atoms with van der Waals surface area (Å²) in [6.07, 6.45) is 6.57. The lowest BCUT2D eigenvalue weighted by atomic mass is 9.96. The van der Waals surface area contributed by atoms with Crippen molar-refractivity contribution < 1.29 is 0 Å². The predicted octanol–water partition coefficient (Wildman–Crippen LogP) is 4.15. The minimum absolute atomic E-state index is 0.586. The van der Waals surface area contributed by atoms with Gasteiger partial charge in [0.25, 0.3) is 0 Å². The summed E-state index contributed by atoms with van der Waals surface area (Å²) in [5.41, 5.74) is 1.31. The number of hydrogen-bond donors (Lipinski definition) is 1. The molecular weight excluding hydrogens is 328 g/mol. The molecule has 1 aromatic heterocycles. The van der Waals surface area contributed by atoms with Gasteiger partial charge >= 0.3 is 0 Å². The molecule has 0 saturated heterocycles. The highest BCUT2D eigenvalue weighted by atomic mass is 79.9. The smallest absolute Gasteiger partial charge is 0.169 e. The lowest BCUT2D eigenvalue weighted by Gasteiger charge is -2.28. The van der Waals surface area contributed by atoms with Crippen molar-refractivity contribution in [3.8, 4) is 0 Å². The molecule has 1 fully saturated rings. The molecule has 1 saturated carbocycles. The molecule has 0 radical (unpaired) electrons. The maximum Gasteiger partial charge on any atom is 0.169 e. The van der Waals surface area contributed by atoms with Gasteiger partial charge in [0, 0.05) is 19.6 Å². The van der Waals surface area contributed by atoms with E-state index in [4.69, 9.17) is 12.2 Å². The molecule has 1 N–H and O–H groups in total. The Bertz CT molecular complexity index is 399. The van der Waals surface area contributed by atoms with Crippen LogP contribution in [0, 0.1) is 0 Å². The molecule has 2 nitrogen and oxygen atoms in total. The normalized spacial score (nSPS) is 16.6. The van der Waals surface area contributed by atoms with Crippen molar-refractivity contribution in [3.05, 3.63) is 20.8 Å². The van der Waals surface area contributed by atoms with Crippen molar-refractivity contribution in [3.63, 3.8) is 0 Å². The second kappa shape index (κ2) is 6.87. The van der Waals surface area contributed by atoms with E-state index in [0.29, 0.717) is 6.04 Å². The van der Waals surface area contributed by atoms with Crippen molar-refractivity contribution in [1.82, 2.24) is 10.2 Å². The summed E-state index contributed by atoms with van der Waals surface area (Å²) in [4.78, 5) is 2.12. The number of rotatable bonds is 3. The van der Waals surface area contributed by atoms with Gasteiger partial charge in [0.15, 0.2) is 5.11 Å². The minimum Gasteiger partial charge on any atom is -0.360 e. The first kappa shape index (κ1) is 14.3. The van der Waals surface area contributed by atoms with E-state index in [1.165, 1.54) is 41.5 Å². The Balaban J connectivity index is 1.80. The van der Waals surface area contributed by atoms with Gasteiger partial charge in [-0.05, 0) is 58.0 Å². The fraction of sp³-hybridized carbons (Fsp3) is 0.615. The van der Waals surface area contributed by atoms with Crippen molar-refractivity contribution >= 4 is 44.6 Å². The fourth-order valence-corrected chi connectivity index (χ4v) is 3.74. The quantitative estimate of drug-likeness (QED) is 0.827. The van der Waals surface area contributed by atoms with Gasteiger partial charge in [-0.1, -0.05) is 19.3 Å². The van der Waals surface area contributed by atoms with Crippen LogP contribution in [-0.4, -0.2) is 23.1 Å². The number of nitrogens with zero attached hydrogens (tertiary/aromatic N) is 1. The molecule has 1 heterocycles. The molecule has 0 spiro atoms. The predicted molar refractivity (Wildman–Crippen MR) is 86.1 cm³/mol. The third kappa shape index (κ3) is 4.21. The van der Waals surface area contributed by atoms with Gasteiger partial charge in [0.2, 0.25) is 0 Å². The summed E-state index contributed by atoms with van der Waals surface area (Å²) in [6, 6.07) is 2.74.